The second-order valence-corrected chi connectivity index (χ2v) is 6.16. The molecule has 0 saturated heterocycles. The minimum Gasteiger partial charge on any atom is -0.495 e. The Bertz CT molecular complexity index is 910. The number of para-hydroxylation sites is 2. The van der Waals surface area contributed by atoms with Gasteiger partial charge in [0, 0.05) is 10.9 Å². The quantitative estimate of drug-likeness (QED) is 0.786. The summed E-state index contributed by atoms with van der Waals surface area (Å²) in [6.45, 7) is 0. The Morgan fingerprint density at radius 1 is 1.21 bits per heavy atom. The number of rotatable bonds is 4. The van der Waals surface area contributed by atoms with Crippen molar-refractivity contribution in [1.82, 2.24) is 0 Å². The third kappa shape index (κ3) is 2.64. The maximum atomic E-state index is 12.4. The minimum absolute atomic E-state index is 0.0808. The molecule has 122 valence electrons. The van der Waals surface area contributed by atoms with Crippen LogP contribution in [0.1, 0.15) is 23.1 Å². The number of ether oxygens (including phenoxy) is 1. The Kier molecular flexibility index (Phi) is 3.73. The van der Waals surface area contributed by atoms with Crippen molar-refractivity contribution in [2.75, 3.05) is 12.4 Å². The summed E-state index contributed by atoms with van der Waals surface area (Å²) in [4.78, 5) is 12.4. The van der Waals surface area contributed by atoms with E-state index in [0.717, 1.165) is 29.4 Å². The van der Waals surface area contributed by atoms with Crippen LogP contribution < -0.4 is 10.1 Å². The maximum Gasteiger partial charge on any atom is 0.229 e. The first-order valence-corrected chi connectivity index (χ1v) is 8.19. The highest BCUT2D eigenvalue weighted by molar-refractivity contribution is 5.96. The van der Waals surface area contributed by atoms with Crippen LogP contribution in [-0.4, -0.2) is 13.0 Å². The Morgan fingerprint density at radius 2 is 2.00 bits per heavy atom. The molecule has 1 amide bonds. The molecule has 2 aromatic carbocycles. The number of benzene rings is 2. The molecule has 1 aliphatic carbocycles. The lowest BCUT2D eigenvalue weighted by molar-refractivity contribution is -0.115. The standard InChI is InChI=1S/C20H19NO3/c1-23-18-8-3-2-7-17(18)21-20(22)11-15-12-24-19-10-14-6-4-5-13(14)9-16(15)19/h2-3,7-10,12H,4-6,11H2,1H3,(H,21,22). The number of hydrogen-bond donors (Lipinski definition) is 1. The van der Waals surface area contributed by atoms with Crippen LogP contribution >= 0.6 is 0 Å². The van der Waals surface area contributed by atoms with Gasteiger partial charge in [-0.05, 0) is 54.7 Å². The number of fused-ring (bicyclic) bond motifs is 2. The molecule has 24 heavy (non-hydrogen) atoms. The monoisotopic (exact) mass is 321 g/mol. The average molecular weight is 321 g/mol. The van der Waals surface area contributed by atoms with Gasteiger partial charge in [-0.25, -0.2) is 0 Å². The van der Waals surface area contributed by atoms with Gasteiger partial charge < -0.3 is 14.5 Å². The lowest BCUT2D eigenvalue weighted by atomic mass is 10.0. The van der Waals surface area contributed by atoms with Crippen molar-refractivity contribution in [2.45, 2.75) is 25.7 Å². The first kappa shape index (κ1) is 14.8. The summed E-state index contributed by atoms with van der Waals surface area (Å²) in [6.07, 6.45) is 5.41. The third-order valence-electron chi connectivity index (χ3n) is 4.60. The molecule has 1 aromatic heterocycles. The van der Waals surface area contributed by atoms with Crippen LogP contribution in [0.4, 0.5) is 5.69 Å². The van der Waals surface area contributed by atoms with Gasteiger partial charge in [-0.2, -0.15) is 0 Å². The van der Waals surface area contributed by atoms with Gasteiger partial charge in [0.05, 0.1) is 25.5 Å². The summed E-state index contributed by atoms with van der Waals surface area (Å²) < 4.78 is 10.9. The fourth-order valence-electron chi connectivity index (χ4n) is 3.40. The van der Waals surface area contributed by atoms with Crippen molar-refractivity contribution in [3.05, 3.63) is 59.4 Å². The van der Waals surface area contributed by atoms with Gasteiger partial charge in [0.15, 0.2) is 0 Å². The second-order valence-electron chi connectivity index (χ2n) is 6.16. The maximum absolute atomic E-state index is 12.4. The third-order valence-corrected chi connectivity index (χ3v) is 4.60. The van der Waals surface area contributed by atoms with Crippen LogP contribution in [0.3, 0.4) is 0 Å². The molecular formula is C20H19NO3. The number of furan rings is 1. The van der Waals surface area contributed by atoms with Gasteiger partial charge in [0.2, 0.25) is 5.91 Å². The smallest absolute Gasteiger partial charge is 0.229 e. The Labute approximate surface area is 140 Å². The molecule has 0 saturated carbocycles. The summed E-state index contributed by atoms with van der Waals surface area (Å²) >= 11 is 0. The molecule has 0 atom stereocenters. The molecule has 0 fully saturated rings. The summed E-state index contributed by atoms with van der Waals surface area (Å²) in [6, 6.07) is 11.7. The van der Waals surface area contributed by atoms with Crippen molar-refractivity contribution in [3.63, 3.8) is 0 Å². The zero-order valence-electron chi connectivity index (χ0n) is 13.6. The van der Waals surface area contributed by atoms with E-state index >= 15 is 0 Å². The van der Waals surface area contributed by atoms with Crippen molar-refractivity contribution in [1.29, 1.82) is 0 Å². The number of carbonyl (C=O) groups is 1. The van der Waals surface area contributed by atoms with E-state index in [0.29, 0.717) is 11.4 Å². The molecule has 0 spiro atoms. The normalized spacial score (nSPS) is 13.0. The Balaban J connectivity index is 1.57. The summed E-state index contributed by atoms with van der Waals surface area (Å²) in [5.41, 5.74) is 5.23. The minimum atomic E-state index is -0.0808. The van der Waals surface area contributed by atoms with Crippen molar-refractivity contribution < 1.29 is 13.9 Å². The number of nitrogens with one attached hydrogen (secondary N) is 1. The number of hydrogen-bond acceptors (Lipinski definition) is 3. The number of aryl methyl sites for hydroxylation is 2. The van der Waals surface area contributed by atoms with E-state index in [1.165, 1.54) is 17.5 Å². The Morgan fingerprint density at radius 3 is 2.83 bits per heavy atom. The summed E-state index contributed by atoms with van der Waals surface area (Å²) in [5.74, 6) is 0.573. The molecule has 0 radical (unpaired) electrons. The highest BCUT2D eigenvalue weighted by atomic mass is 16.5. The molecule has 1 aliphatic rings. The van der Waals surface area contributed by atoms with Gasteiger partial charge in [-0.15, -0.1) is 0 Å². The van der Waals surface area contributed by atoms with Crippen molar-refractivity contribution >= 4 is 22.6 Å². The van der Waals surface area contributed by atoms with Crippen LogP contribution in [0.5, 0.6) is 5.75 Å². The molecule has 0 aliphatic heterocycles. The van der Waals surface area contributed by atoms with Gasteiger partial charge in [-0.3, -0.25) is 4.79 Å². The highest BCUT2D eigenvalue weighted by Crippen LogP contribution is 2.31. The lowest BCUT2D eigenvalue weighted by Crippen LogP contribution is -2.14. The van der Waals surface area contributed by atoms with Crippen LogP contribution in [0, 0.1) is 0 Å². The molecule has 1 N–H and O–H groups in total. The zero-order valence-corrected chi connectivity index (χ0v) is 13.6. The van der Waals surface area contributed by atoms with Crippen molar-refractivity contribution in [3.8, 4) is 5.75 Å². The summed E-state index contributed by atoms with van der Waals surface area (Å²) in [7, 11) is 1.59. The molecule has 4 rings (SSSR count). The SMILES string of the molecule is COc1ccccc1NC(=O)Cc1coc2cc3c(cc12)CCC3. The van der Waals surface area contributed by atoms with E-state index in [2.05, 4.69) is 17.4 Å². The lowest BCUT2D eigenvalue weighted by Gasteiger charge is -2.09. The van der Waals surface area contributed by atoms with E-state index in [4.69, 9.17) is 9.15 Å². The highest BCUT2D eigenvalue weighted by Gasteiger charge is 2.17. The molecule has 1 heterocycles. The topological polar surface area (TPSA) is 51.5 Å². The van der Waals surface area contributed by atoms with E-state index in [1.807, 2.05) is 24.3 Å². The molecule has 0 bridgehead atoms. The predicted molar refractivity (Wildman–Crippen MR) is 93.6 cm³/mol. The number of amides is 1. The van der Waals surface area contributed by atoms with Crippen LogP contribution in [0.25, 0.3) is 11.0 Å². The fraction of sp³-hybridized carbons (Fsp3) is 0.250. The van der Waals surface area contributed by atoms with Crippen LogP contribution in [-0.2, 0) is 24.1 Å². The second kappa shape index (κ2) is 6.04. The fourth-order valence-corrected chi connectivity index (χ4v) is 3.40. The first-order chi connectivity index (χ1) is 11.7. The van der Waals surface area contributed by atoms with E-state index in [1.54, 1.807) is 13.4 Å². The summed E-state index contributed by atoms with van der Waals surface area (Å²) in [5, 5.41) is 3.96. The zero-order chi connectivity index (χ0) is 16.5. The van der Waals surface area contributed by atoms with Crippen molar-refractivity contribution in [2.24, 2.45) is 0 Å². The first-order valence-electron chi connectivity index (χ1n) is 8.19. The van der Waals surface area contributed by atoms with E-state index < -0.39 is 0 Å². The number of carbonyl (C=O) groups excluding carboxylic acids is 1. The van der Waals surface area contributed by atoms with Crippen LogP contribution in [0.2, 0.25) is 0 Å². The average Bonchev–Trinajstić information content (AvgIpc) is 3.20. The molecule has 4 heteroatoms. The van der Waals surface area contributed by atoms with Gasteiger partial charge in [-0.1, -0.05) is 12.1 Å². The van der Waals surface area contributed by atoms with E-state index in [9.17, 15) is 4.79 Å². The molecule has 3 aromatic rings. The van der Waals surface area contributed by atoms with E-state index in [-0.39, 0.29) is 12.3 Å². The number of anilines is 1. The largest absolute Gasteiger partial charge is 0.495 e. The predicted octanol–water partition coefficient (Wildman–Crippen LogP) is 4.11. The number of methoxy groups -OCH3 is 1. The van der Waals surface area contributed by atoms with Gasteiger partial charge >= 0.3 is 0 Å². The molecular weight excluding hydrogens is 302 g/mol. The molecule has 0 unspecified atom stereocenters. The molecule has 4 nitrogen and oxygen atoms in total. The Hall–Kier alpha value is -2.75. The van der Waals surface area contributed by atoms with Gasteiger partial charge in [0.25, 0.3) is 0 Å². The van der Waals surface area contributed by atoms with Crippen LogP contribution in [0.15, 0.2) is 47.1 Å². The van der Waals surface area contributed by atoms with Gasteiger partial charge in [0.1, 0.15) is 11.3 Å².